The number of ether oxygens (including phenoxy) is 1. The first kappa shape index (κ1) is 20.7. The van der Waals surface area contributed by atoms with E-state index in [9.17, 15) is 4.79 Å². The summed E-state index contributed by atoms with van der Waals surface area (Å²) >= 11 is 0. The van der Waals surface area contributed by atoms with E-state index in [1.165, 1.54) is 25.7 Å². The predicted molar refractivity (Wildman–Crippen MR) is 89.6 cm³/mol. The maximum Gasteiger partial charge on any atom is 0.222 e. The van der Waals surface area contributed by atoms with Gasteiger partial charge in [-0.05, 0) is 42.9 Å². The lowest BCUT2D eigenvalue weighted by Gasteiger charge is -2.37. The predicted octanol–water partition coefficient (Wildman–Crippen LogP) is 2.74. The van der Waals surface area contributed by atoms with Gasteiger partial charge in [0, 0.05) is 20.2 Å². The molecule has 1 rings (SSSR count). The molecule has 0 aromatic rings. The van der Waals surface area contributed by atoms with Crippen LogP contribution in [0.15, 0.2) is 0 Å². The first-order chi connectivity index (χ1) is 9.36. The van der Waals surface area contributed by atoms with E-state index >= 15 is 0 Å². The Labute approximate surface area is 136 Å². The van der Waals surface area contributed by atoms with Gasteiger partial charge in [-0.25, -0.2) is 0 Å². The van der Waals surface area contributed by atoms with Crippen molar-refractivity contribution in [2.45, 2.75) is 59.0 Å². The normalized spacial score (nSPS) is 24.0. The zero-order chi connectivity index (χ0) is 15.2. The lowest BCUT2D eigenvalue weighted by Crippen LogP contribution is -2.36. The van der Waals surface area contributed by atoms with Crippen molar-refractivity contribution in [1.29, 1.82) is 0 Å². The summed E-state index contributed by atoms with van der Waals surface area (Å²) in [5.74, 6) is 1.52. The minimum absolute atomic E-state index is 0. The van der Waals surface area contributed by atoms with Gasteiger partial charge in [0.25, 0.3) is 0 Å². The molecule has 1 fully saturated rings. The number of nitrogens with two attached hydrogens (primary N) is 1. The molecule has 0 bridgehead atoms. The standard InChI is InChI=1S/C16H32N2O2.ClH/c1-16(2,3)13-7-5-12(6-8-13)11-18-15(19)9-14(10-17)20-4;/h12-14H,5-11,17H2,1-4H3,(H,18,19);1H. The summed E-state index contributed by atoms with van der Waals surface area (Å²) in [7, 11) is 1.60. The Hall–Kier alpha value is -0.320. The van der Waals surface area contributed by atoms with Crippen molar-refractivity contribution in [2.24, 2.45) is 23.0 Å². The Morgan fingerprint density at radius 3 is 2.29 bits per heavy atom. The van der Waals surface area contributed by atoms with Crippen molar-refractivity contribution in [2.75, 3.05) is 20.2 Å². The minimum atomic E-state index is -0.161. The third-order valence-electron chi connectivity index (χ3n) is 4.67. The average Bonchev–Trinajstić information content (AvgIpc) is 2.42. The molecule has 21 heavy (non-hydrogen) atoms. The first-order valence-electron chi connectivity index (χ1n) is 7.86. The van der Waals surface area contributed by atoms with Crippen molar-refractivity contribution in [3.63, 3.8) is 0 Å². The Morgan fingerprint density at radius 2 is 1.86 bits per heavy atom. The molecule has 0 radical (unpaired) electrons. The number of rotatable bonds is 6. The van der Waals surface area contributed by atoms with Gasteiger partial charge in [-0.2, -0.15) is 0 Å². The molecule has 1 aliphatic carbocycles. The van der Waals surface area contributed by atoms with Gasteiger partial charge < -0.3 is 15.8 Å². The summed E-state index contributed by atoms with van der Waals surface area (Å²) in [5, 5.41) is 3.03. The van der Waals surface area contributed by atoms with Crippen LogP contribution in [-0.4, -0.2) is 32.2 Å². The van der Waals surface area contributed by atoms with Crippen LogP contribution in [0, 0.1) is 17.3 Å². The monoisotopic (exact) mass is 320 g/mol. The highest BCUT2D eigenvalue weighted by Gasteiger charge is 2.29. The molecular formula is C16H33ClN2O2. The largest absolute Gasteiger partial charge is 0.380 e. The number of carbonyl (C=O) groups excluding carboxylic acids is 1. The van der Waals surface area contributed by atoms with Crippen molar-refractivity contribution < 1.29 is 9.53 Å². The summed E-state index contributed by atoms with van der Waals surface area (Å²) in [6.07, 6.45) is 5.23. The highest BCUT2D eigenvalue weighted by atomic mass is 35.5. The van der Waals surface area contributed by atoms with Gasteiger partial charge in [0.1, 0.15) is 0 Å². The average molecular weight is 321 g/mol. The molecule has 5 heteroatoms. The SMILES string of the molecule is COC(CN)CC(=O)NCC1CCC(C(C)(C)C)CC1.Cl. The van der Waals surface area contributed by atoms with Gasteiger partial charge in [-0.3, -0.25) is 4.79 Å². The van der Waals surface area contributed by atoms with Crippen molar-refractivity contribution in [3.8, 4) is 0 Å². The molecule has 1 unspecified atom stereocenters. The molecule has 0 spiro atoms. The van der Waals surface area contributed by atoms with Gasteiger partial charge in [-0.15, -0.1) is 12.4 Å². The van der Waals surface area contributed by atoms with E-state index in [-0.39, 0.29) is 24.4 Å². The number of hydrogen-bond acceptors (Lipinski definition) is 3. The Kier molecular flexibility index (Phi) is 9.50. The third-order valence-corrected chi connectivity index (χ3v) is 4.67. The van der Waals surface area contributed by atoms with Gasteiger partial charge in [-0.1, -0.05) is 20.8 Å². The number of halogens is 1. The van der Waals surface area contributed by atoms with E-state index in [0.717, 1.165) is 12.5 Å². The number of methoxy groups -OCH3 is 1. The number of carbonyl (C=O) groups is 1. The Morgan fingerprint density at radius 1 is 1.29 bits per heavy atom. The van der Waals surface area contributed by atoms with Crippen molar-refractivity contribution in [3.05, 3.63) is 0 Å². The Balaban J connectivity index is 0.00000400. The molecule has 1 amide bonds. The summed E-state index contributed by atoms with van der Waals surface area (Å²) in [6.45, 7) is 8.18. The zero-order valence-corrected chi connectivity index (χ0v) is 14.8. The van der Waals surface area contributed by atoms with Crippen molar-refractivity contribution in [1.82, 2.24) is 5.32 Å². The molecule has 1 aliphatic rings. The second-order valence-corrected chi connectivity index (χ2v) is 7.19. The van der Waals surface area contributed by atoms with E-state index in [4.69, 9.17) is 10.5 Å². The lowest BCUT2D eigenvalue weighted by molar-refractivity contribution is -0.123. The fourth-order valence-corrected chi connectivity index (χ4v) is 3.03. The zero-order valence-electron chi connectivity index (χ0n) is 14.0. The van der Waals surface area contributed by atoms with E-state index < -0.39 is 0 Å². The Bertz CT molecular complexity index is 293. The number of nitrogens with one attached hydrogen (secondary N) is 1. The summed E-state index contributed by atoms with van der Waals surface area (Å²) in [5.41, 5.74) is 5.94. The van der Waals surface area contributed by atoms with Gasteiger partial charge in [0.2, 0.25) is 5.91 Å². The lowest BCUT2D eigenvalue weighted by atomic mass is 9.70. The molecule has 0 heterocycles. The summed E-state index contributed by atoms with van der Waals surface area (Å²) in [6, 6.07) is 0. The smallest absolute Gasteiger partial charge is 0.222 e. The minimum Gasteiger partial charge on any atom is -0.380 e. The molecule has 0 saturated heterocycles. The van der Waals surface area contributed by atoms with Gasteiger partial charge in [0.15, 0.2) is 0 Å². The molecule has 1 saturated carbocycles. The van der Waals surface area contributed by atoms with Crippen LogP contribution in [0.1, 0.15) is 52.9 Å². The van der Waals surface area contributed by atoms with E-state index in [1.54, 1.807) is 7.11 Å². The van der Waals surface area contributed by atoms with E-state index in [0.29, 0.717) is 24.3 Å². The van der Waals surface area contributed by atoms with Crippen LogP contribution in [0.4, 0.5) is 0 Å². The highest BCUT2D eigenvalue weighted by molar-refractivity contribution is 5.85. The van der Waals surface area contributed by atoms with E-state index in [1.807, 2.05) is 0 Å². The highest BCUT2D eigenvalue weighted by Crippen LogP contribution is 2.39. The first-order valence-corrected chi connectivity index (χ1v) is 7.86. The van der Waals surface area contributed by atoms with Crippen LogP contribution in [0.5, 0.6) is 0 Å². The second kappa shape index (κ2) is 9.65. The second-order valence-electron chi connectivity index (χ2n) is 7.19. The number of amides is 1. The number of hydrogen-bond donors (Lipinski definition) is 2. The molecule has 1 atom stereocenters. The summed E-state index contributed by atoms with van der Waals surface area (Å²) < 4.78 is 5.13. The van der Waals surface area contributed by atoms with E-state index in [2.05, 4.69) is 26.1 Å². The van der Waals surface area contributed by atoms with Crippen LogP contribution in [0.3, 0.4) is 0 Å². The topological polar surface area (TPSA) is 64.3 Å². The molecule has 0 aromatic carbocycles. The van der Waals surface area contributed by atoms with Gasteiger partial charge >= 0.3 is 0 Å². The molecule has 126 valence electrons. The maximum absolute atomic E-state index is 11.8. The maximum atomic E-state index is 11.8. The quantitative estimate of drug-likeness (QED) is 0.791. The molecule has 0 aromatic heterocycles. The van der Waals surface area contributed by atoms with Crippen LogP contribution in [0.25, 0.3) is 0 Å². The molecular weight excluding hydrogens is 288 g/mol. The summed E-state index contributed by atoms with van der Waals surface area (Å²) in [4.78, 5) is 11.8. The van der Waals surface area contributed by atoms with Crippen LogP contribution >= 0.6 is 12.4 Å². The van der Waals surface area contributed by atoms with Crippen LogP contribution in [0.2, 0.25) is 0 Å². The fourth-order valence-electron chi connectivity index (χ4n) is 3.03. The molecule has 3 N–H and O–H groups in total. The van der Waals surface area contributed by atoms with Crippen LogP contribution in [-0.2, 0) is 9.53 Å². The van der Waals surface area contributed by atoms with Crippen molar-refractivity contribution >= 4 is 18.3 Å². The fraction of sp³-hybridized carbons (Fsp3) is 0.938. The van der Waals surface area contributed by atoms with Crippen LogP contribution < -0.4 is 11.1 Å². The molecule has 0 aliphatic heterocycles. The third kappa shape index (κ3) is 7.48. The van der Waals surface area contributed by atoms with Gasteiger partial charge in [0.05, 0.1) is 12.5 Å². The molecule has 4 nitrogen and oxygen atoms in total.